The molecule has 2 atom stereocenters. The van der Waals surface area contributed by atoms with E-state index in [4.69, 9.17) is 49.4 Å². The summed E-state index contributed by atoms with van der Waals surface area (Å²) in [5, 5.41) is 19.2. The second-order valence-electron chi connectivity index (χ2n) is 7.64. The zero-order chi connectivity index (χ0) is 21.6. The van der Waals surface area contributed by atoms with E-state index in [1.165, 1.54) is 0 Å². The highest BCUT2D eigenvalue weighted by molar-refractivity contribution is 6.37. The minimum Gasteiger partial charge on any atom is -0.491 e. The van der Waals surface area contributed by atoms with Crippen molar-refractivity contribution in [3.63, 3.8) is 0 Å². The van der Waals surface area contributed by atoms with Crippen LogP contribution in [-0.4, -0.2) is 42.0 Å². The number of aliphatic hydroxyl groups is 2. The summed E-state index contributed by atoms with van der Waals surface area (Å²) in [7, 11) is 0. The third-order valence-electron chi connectivity index (χ3n) is 4.72. The molecule has 2 aromatic carbocycles. The van der Waals surface area contributed by atoms with Crippen LogP contribution >= 0.6 is 34.8 Å². The number of halogens is 3. The van der Waals surface area contributed by atoms with Crippen molar-refractivity contribution in [2.75, 3.05) is 25.7 Å². The van der Waals surface area contributed by atoms with Gasteiger partial charge in [0.2, 0.25) is 0 Å². The molecule has 4 nitrogen and oxygen atoms in total. The van der Waals surface area contributed by atoms with E-state index in [1.54, 1.807) is 0 Å². The molecule has 2 aromatic rings. The fourth-order valence-corrected chi connectivity index (χ4v) is 3.39. The Kier molecular flexibility index (Phi) is 8.92. The normalized spacial score (nSPS) is 13.8. The molecule has 0 bridgehead atoms. The van der Waals surface area contributed by atoms with Crippen LogP contribution < -0.4 is 9.47 Å². The highest BCUT2D eigenvalue weighted by Gasteiger charge is 2.26. The van der Waals surface area contributed by atoms with Gasteiger partial charge >= 0.3 is 0 Å². The molecule has 0 spiro atoms. The molecule has 0 aliphatic heterocycles. The van der Waals surface area contributed by atoms with Gasteiger partial charge in [-0.1, -0.05) is 56.1 Å². The van der Waals surface area contributed by atoms with Gasteiger partial charge in [-0.05, 0) is 35.4 Å². The molecule has 0 radical (unpaired) electrons. The molecule has 0 heterocycles. The number of benzene rings is 2. The number of aliphatic hydroxyl groups excluding tert-OH is 2. The first-order chi connectivity index (χ1) is 13.7. The van der Waals surface area contributed by atoms with Crippen molar-refractivity contribution in [2.45, 2.75) is 32.3 Å². The van der Waals surface area contributed by atoms with Crippen molar-refractivity contribution in [2.24, 2.45) is 5.92 Å². The Morgan fingerprint density at radius 3 is 2.07 bits per heavy atom. The average molecular weight is 462 g/mol. The number of alkyl halides is 1. The van der Waals surface area contributed by atoms with Gasteiger partial charge in [0.15, 0.2) is 5.75 Å². The van der Waals surface area contributed by atoms with Crippen LogP contribution in [0.25, 0.3) is 0 Å². The van der Waals surface area contributed by atoms with E-state index in [9.17, 15) is 5.11 Å². The van der Waals surface area contributed by atoms with Crippen molar-refractivity contribution in [1.82, 2.24) is 0 Å². The Morgan fingerprint density at radius 1 is 0.966 bits per heavy atom. The maximum Gasteiger partial charge on any atom is 0.156 e. The van der Waals surface area contributed by atoms with Gasteiger partial charge in [-0.25, -0.2) is 0 Å². The van der Waals surface area contributed by atoms with Crippen LogP contribution in [0, 0.1) is 5.92 Å². The molecule has 29 heavy (non-hydrogen) atoms. The molecular weight excluding hydrogens is 435 g/mol. The van der Waals surface area contributed by atoms with Gasteiger partial charge in [0, 0.05) is 17.2 Å². The van der Waals surface area contributed by atoms with Crippen LogP contribution in [0.2, 0.25) is 10.0 Å². The maximum absolute atomic E-state index is 9.39. The van der Waals surface area contributed by atoms with Crippen LogP contribution in [-0.2, 0) is 5.41 Å². The van der Waals surface area contributed by atoms with E-state index >= 15 is 0 Å². The van der Waals surface area contributed by atoms with Crippen molar-refractivity contribution in [3.05, 3.63) is 57.6 Å². The zero-order valence-corrected chi connectivity index (χ0v) is 19.1. The minimum absolute atomic E-state index is 0.0360. The Hall–Kier alpha value is -1.17. The van der Waals surface area contributed by atoms with E-state index in [0.29, 0.717) is 34.0 Å². The lowest BCUT2D eigenvalue weighted by Crippen LogP contribution is -2.21. The topological polar surface area (TPSA) is 58.9 Å². The molecule has 0 saturated carbocycles. The van der Waals surface area contributed by atoms with E-state index in [1.807, 2.05) is 43.3 Å². The van der Waals surface area contributed by atoms with Gasteiger partial charge in [-0.15, -0.1) is 11.6 Å². The van der Waals surface area contributed by atoms with Crippen LogP contribution in [0.3, 0.4) is 0 Å². The first-order valence-corrected chi connectivity index (χ1v) is 10.7. The smallest absolute Gasteiger partial charge is 0.156 e. The molecule has 160 valence electrons. The third-order valence-corrected chi connectivity index (χ3v) is 5.81. The van der Waals surface area contributed by atoms with Gasteiger partial charge in [-0.3, -0.25) is 0 Å². The number of hydrogen-bond acceptors (Lipinski definition) is 4. The van der Waals surface area contributed by atoms with Crippen LogP contribution in [0.15, 0.2) is 36.4 Å². The predicted octanol–water partition coefficient (Wildman–Crippen LogP) is 5.31. The number of rotatable bonds is 10. The minimum atomic E-state index is -0.899. The van der Waals surface area contributed by atoms with Gasteiger partial charge < -0.3 is 19.7 Å². The van der Waals surface area contributed by atoms with Crippen molar-refractivity contribution < 1.29 is 19.7 Å². The van der Waals surface area contributed by atoms with Crippen LogP contribution in [0.1, 0.15) is 31.9 Å². The Bertz CT molecular complexity index is 770. The predicted molar refractivity (Wildman–Crippen MR) is 119 cm³/mol. The second-order valence-corrected chi connectivity index (χ2v) is 8.76. The first-order valence-electron chi connectivity index (χ1n) is 9.39. The second kappa shape index (κ2) is 10.7. The molecular formula is C22H27Cl3O4. The van der Waals surface area contributed by atoms with E-state index in [2.05, 4.69) is 13.8 Å². The molecule has 0 aromatic heterocycles. The lowest BCUT2D eigenvalue weighted by atomic mass is 9.78. The van der Waals surface area contributed by atoms with Crippen molar-refractivity contribution >= 4 is 34.8 Å². The standard InChI is InChI=1S/C22H27Cl3O4/c1-14(10-23)12-29-21-19(24)8-16(9-20(21)25)22(2,3)15-4-6-18(7-5-15)28-13-17(27)11-26/h4-9,14,17,26-27H,10-13H2,1-3H3/t14-,17-/m0/s1. The molecule has 0 unspecified atom stereocenters. The number of ether oxygens (including phenoxy) is 2. The molecule has 7 heteroatoms. The molecule has 2 N–H and O–H groups in total. The fraction of sp³-hybridized carbons (Fsp3) is 0.455. The SMILES string of the molecule is C[C@@H](CCl)COc1c(Cl)cc(C(C)(C)c2ccc(OC[C@@H](O)CO)cc2)cc1Cl. The lowest BCUT2D eigenvalue weighted by molar-refractivity contribution is 0.0536. The largest absolute Gasteiger partial charge is 0.491 e. The summed E-state index contributed by atoms with van der Waals surface area (Å²) in [6, 6.07) is 11.3. The maximum atomic E-state index is 9.39. The Labute approximate surface area is 187 Å². The summed E-state index contributed by atoms with van der Waals surface area (Å²) in [6.45, 7) is 6.29. The fourth-order valence-electron chi connectivity index (χ4n) is 2.71. The van der Waals surface area contributed by atoms with Crippen LogP contribution in [0.4, 0.5) is 0 Å². The summed E-state index contributed by atoms with van der Waals surface area (Å²) in [6.07, 6.45) is -0.899. The van der Waals surface area contributed by atoms with Gasteiger partial charge in [0.25, 0.3) is 0 Å². The molecule has 0 aliphatic carbocycles. The molecule has 2 rings (SSSR count). The van der Waals surface area contributed by atoms with E-state index in [0.717, 1.165) is 11.1 Å². The highest BCUT2D eigenvalue weighted by Crippen LogP contribution is 2.40. The van der Waals surface area contributed by atoms with Gasteiger partial charge in [0.1, 0.15) is 18.5 Å². The summed E-state index contributed by atoms with van der Waals surface area (Å²) in [5.41, 5.74) is 1.64. The molecule has 0 fully saturated rings. The van der Waals surface area contributed by atoms with E-state index in [-0.39, 0.29) is 24.5 Å². The van der Waals surface area contributed by atoms with Crippen molar-refractivity contribution in [1.29, 1.82) is 0 Å². The molecule has 0 saturated heterocycles. The number of hydrogen-bond donors (Lipinski definition) is 2. The average Bonchev–Trinajstić information content (AvgIpc) is 2.71. The summed E-state index contributed by atoms with van der Waals surface area (Å²) >= 11 is 18.7. The van der Waals surface area contributed by atoms with E-state index < -0.39 is 6.10 Å². The highest BCUT2D eigenvalue weighted by atomic mass is 35.5. The Morgan fingerprint density at radius 2 is 1.55 bits per heavy atom. The first kappa shape index (κ1) is 24.1. The van der Waals surface area contributed by atoms with Crippen molar-refractivity contribution in [3.8, 4) is 11.5 Å². The summed E-state index contributed by atoms with van der Waals surface area (Å²) < 4.78 is 11.2. The Balaban J connectivity index is 2.19. The van der Waals surface area contributed by atoms with Gasteiger partial charge in [0.05, 0.1) is 23.3 Å². The molecule has 0 amide bonds. The monoisotopic (exact) mass is 460 g/mol. The third kappa shape index (κ3) is 6.40. The lowest BCUT2D eigenvalue weighted by Gasteiger charge is -2.27. The summed E-state index contributed by atoms with van der Waals surface area (Å²) in [4.78, 5) is 0. The van der Waals surface area contributed by atoms with Gasteiger partial charge in [-0.2, -0.15) is 0 Å². The quantitative estimate of drug-likeness (QED) is 0.471. The zero-order valence-electron chi connectivity index (χ0n) is 16.8. The van der Waals surface area contributed by atoms with Crippen LogP contribution in [0.5, 0.6) is 11.5 Å². The molecule has 0 aliphatic rings. The summed E-state index contributed by atoms with van der Waals surface area (Å²) in [5.74, 6) is 1.78.